The van der Waals surface area contributed by atoms with Crippen molar-refractivity contribution in [1.29, 1.82) is 0 Å². The van der Waals surface area contributed by atoms with Crippen molar-refractivity contribution in [2.24, 2.45) is 5.92 Å². The lowest BCUT2D eigenvalue weighted by atomic mass is 9.95. The second kappa shape index (κ2) is 7.99. The highest BCUT2D eigenvalue weighted by Crippen LogP contribution is 2.21. The van der Waals surface area contributed by atoms with E-state index in [0.717, 1.165) is 52.1 Å². The highest BCUT2D eigenvalue weighted by molar-refractivity contribution is 5.86. The summed E-state index contributed by atoms with van der Waals surface area (Å²) in [7, 11) is 1.81. The first-order valence-corrected chi connectivity index (χ1v) is 9.33. The normalized spacial score (nSPS) is 23.0. The molecule has 2 aliphatic rings. The summed E-state index contributed by atoms with van der Waals surface area (Å²) < 4.78 is 1.94. The zero-order valence-corrected chi connectivity index (χ0v) is 15.4. The highest BCUT2D eigenvalue weighted by atomic mass is 16.2. The van der Waals surface area contributed by atoms with Gasteiger partial charge in [-0.25, -0.2) is 0 Å². The highest BCUT2D eigenvalue weighted by Gasteiger charge is 2.32. The Morgan fingerprint density at radius 3 is 2.80 bits per heavy atom. The Hall–Kier alpha value is -1.89. The van der Waals surface area contributed by atoms with Crippen LogP contribution in [0.2, 0.25) is 0 Å². The number of hydrogen-bond acceptors (Lipinski definition) is 4. The number of carbonyl (C=O) groups excluding carboxylic acids is 2. The Balaban J connectivity index is 1.52. The summed E-state index contributed by atoms with van der Waals surface area (Å²) in [5, 5.41) is 4.33. The average molecular weight is 347 g/mol. The first kappa shape index (κ1) is 17.9. The van der Waals surface area contributed by atoms with Crippen molar-refractivity contribution in [3.05, 3.63) is 18.0 Å². The Bertz CT molecular complexity index is 614. The van der Waals surface area contributed by atoms with Gasteiger partial charge >= 0.3 is 0 Å². The molecule has 7 nitrogen and oxygen atoms in total. The Morgan fingerprint density at radius 1 is 1.24 bits per heavy atom. The van der Waals surface area contributed by atoms with Gasteiger partial charge in [-0.1, -0.05) is 0 Å². The van der Waals surface area contributed by atoms with Crippen molar-refractivity contribution in [2.45, 2.75) is 39.3 Å². The zero-order valence-electron chi connectivity index (χ0n) is 15.4. The quantitative estimate of drug-likeness (QED) is 0.808. The number of piperidine rings is 1. The van der Waals surface area contributed by atoms with Gasteiger partial charge in [0.15, 0.2) is 0 Å². The fourth-order valence-electron chi connectivity index (χ4n) is 3.68. The maximum Gasteiger partial charge on any atom is 0.226 e. The summed E-state index contributed by atoms with van der Waals surface area (Å²) in [6, 6.07) is 0. The third kappa shape index (κ3) is 4.39. The number of aromatic nitrogens is 2. The molecule has 25 heavy (non-hydrogen) atoms. The maximum absolute atomic E-state index is 12.8. The van der Waals surface area contributed by atoms with Crippen LogP contribution in [0.5, 0.6) is 0 Å². The van der Waals surface area contributed by atoms with Crippen molar-refractivity contribution in [3.63, 3.8) is 0 Å². The third-order valence-corrected chi connectivity index (χ3v) is 5.33. The first-order valence-electron chi connectivity index (χ1n) is 9.33. The Kier molecular flexibility index (Phi) is 5.73. The number of nitrogens with zero attached hydrogens (tertiary/aromatic N) is 5. The molecule has 0 radical (unpaired) electrons. The van der Waals surface area contributed by atoms with E-state index in [9.17, 15) is 9.59 Å². The summed E-state index contributed by atoms with van der Waals surface area (Å²) >= 11 is 0. The minimum atomic E-state index is -0.127. The lowest BCUT2D eigenvalue weighted by Gasteiger charge is -2.31. The van der Waals surface area contributed by atoms with Gasteiger partial charge in [-0.2, -0.15) is 5.10 Å². The molecule has 2 fully saturated rings. The van der Waals surface area contributed by atoms with Gasteiger partial charge in [0.25, 0.3) is 0 Å². The fraction of sp³-hybridized carbons (Fsp3) is 0.722. The Morgan fingerprint density at radius 2 is 2.08 bits per heavy atom. The molecule has 1 atom stereocenters. The molecule has 0 N–H and O–H groups in total. The predicted octanol–water partition coefficient (Wildman–Crippen LogP) is 0.806. The van der Waals surface area contributed by atoms with Crippen LogP contribution in [0.1, 0.15) is 31.7 Å². The molecule has 138 valence electrons. The van der Waals surface area contributed by atoms with E-state index in [-0.39, 0.29) is 17.7 Å². The first-order chi connectivity index (χ1) is 12.1. The molecular weight excluding hydrogens is 318 g/mol. The van der Waals surface area contributed by atoms with Crippen LogP contribution in [0.3, 0.4) is 0 Å². The van der Waals surface area contributed by atoms with E-state index in [1.54, 1.807) is 4.90 Å². The van der Waals surface area contributed by atoms with E-state index < -0.39 is 0 Å². The average Bonchev–Trinajstić information content (AvgIpc) is 2.94. The van der Waals surface area contributed by atoms with Gasteiger partial charge in [0, 0.05) is 77.0 Å². The van der Waals surface area contributed by atoms with E-state index in [0.29, 0.717) is 13.0 Å². The van der Waals surface area contributed by atoms with Crippen LogP contribution in [-0.2, 0) is 22.7 Å². The topological polar surface area (TPSA) is 61.7 Å². The van der Waals surface area contributed by atoms with E-state index >= 15 is 0 Å². The van der Waals surface area contributed by atoms with Crippen LogP contribution in [0, 0.1) is 5.92 Å². The molecule has 0 spiro atoms. The largest absolute Gasteiger partial charge is 0.346 e. The van der Waals surface area contributed by atoms with E-state index in [4.69, 9.17) is 0 Å². The lowest BCUT2D eigenvalue weighted by molar-refractivity contribution is -0.144. The summed E-state index contributed by atoms with van der Waals surface area (Å²) in [4.78, 5) is 30.8. The summed E-state index contributed by atoms with van der Waals surface area (Å²) in [6.45, 7) is 7.96. The molecule has 2 aliphatic heterocycles. The molecule has 2 amide bonds. The van der Waals surface area contributed by atoms with Crippen LogP contribution in [-0.4, -0.2) is 76.1 Å². The van der Waals surface area contributed by atoms with Gasteiger partial charge in [-0.05, 0) is 19.8 Å². The molecule has 0 aliphatic carbocycles. The molecule has 1 unspecified atom stereocenters. The van der Waals surface area contributed by atoms with Crippen LogP contribution in [0.4, 0.5) is 0 Å². The zero-order chi connectivity index (χ0) is 17.8. The molecule has 0 aromatic carbocycles. The SMILES string of the molecule is CCn1cc(CN2CCCN(C(=O)C3CCN(C)C(=O)C3)CC2)cn1. The minimum Gasteiger partial charge on any atom is -0.346 e. The summed E-state index contributed by atoms with van der Waals surface area (Å²) in [5.41, 5.74) is 1.22. The fourth-order valence-corrected chi connectivity index (χ4v) is 3.68. The van der Waals surface area contributed by atoms with Gasteiger partial charge in [-0.15, -0.1) is 0 Å². The predicted molar refractivity (Wildman–Crippen MR) is 94.7 cm³/mol. The van der Waals surface area contributed by atoms with Gasteiger partial charge < -0.3 is 9.80 Å². The van der Waals surface area contributed by atoms with E-state index in [1.165, 1.54) is 5.56 Å². The second-order valence-corrected chi connectivity index (χ2v) is 7.16. The second-order valence-electron chi connectivity index (χ2n) is 7.16. The van der Waals surface area contributed by atoms with Crippen LogP contribution >= 0.6 is 0 Å². The van der Waals surface area contributed by atoms with Gasteiger partial charge in [0.05, 0.1) is 6.20 Å². The van der Waals surface area contributed by atoms with Crippen molar-refractivity contribution >= 4 is 11.8 Å². The van der Waals surface area contributed by atoms with Crippen molar-refractivity contribution < 1.29 is 9.59 Å². The van der Waals surface area contributed by atoms with Crippen molar-refractivity contribution in [2.75, 3.05) is 39.8 Å². The van der Waals surface area contributed by atoms with Crippen LogP contribution in [0.15, 0.2) is 12.4 Å². The van der Waals surface area contributed by atoms with Crippen molar-refractivity contribution in [1.82, 2.24) is 24.5 Å². The van der Waals surface area contributed by atoms with Gasteiger partial charge in [-0.3, -0.25) is 19.2 Å². The minimum absolute atomic E-state index is 0.0917. The van der Waals surface area contributed by atoms with Crippen molar-refractivity contribution in [3.8, 4) is 0 Å². The number of amides is 2. The smallest absolute Gasteiger partial charge is 0.226 e. The molecule has 3 rings (SSSR count). The molecule has 3 heterocycles. The number of aryl methyl sites for hydroxylation is 1. The molecule has 0 saturated carbocycles. The number of likely N-dealkylation sites (tertiary alicyclic amines) is 1. The van der Waals surface area contributed by atoms with E-state index in [1.807, 2.05) is 22.8 Å². The molecule has 1 aromatic heterocycles. The van der Waals surface area contributed by atoms with Gasteiger partial charge in [0.2, 0.25) is 11.8 Å². The molecule has 1 aromatic rings. The molecule has 2 saturated heterocycles. The molecule has 7 heteroatoms. The monoisotopic (exact) mass is 347 g/mol. The summed E-state index contributed by atoms with van der Waals surface area (Å²) in [6.07, 6.45) is 6.16. The maximum atomic E-state index is 12.8. The number of hydrogen-bond donors (Lipinski definition) is 0. The van der Waals surface area contributed by atoms with E-state index in [2.05, 4.69) is 23.1 Å². The molecule has 0 bridgehead atoms. The molecular formula is C18H29N5O2. The lowest BCUT2D eigenvalue weighted by Crippen LogP contribution is -2.44. The standard InChI is InChI=1S/C18H29N5O2/c1-3-23-14-15(12-19-23)13-21-6-4-7-22(10-9-21)18(25)16-5-8-20(2)17(24)11-16/h12,14,16H,3-11,13H2,1-2H3. The van der Waals surface area contributed by atoms with Crippen LogP contribution in [0.25, 0.3) is 0 Å². The number of carbonyl (C=O) groups is 2. The van der Waals surface area contributed by atoms with Gasteiger partial charge in [0.1, 0.15) is 0 Å². The third-order valence-electron chi connectivity index (χ3n) is 5.33. The number of rotatable bonds is 4. The summed E-state index contributed by atoms with van der Waals surface area (Å²) in [5.74, 6) is 0.133. The Labute approximate surface area is 149 Å². The van der Waals surface area contributed by atoms with Crippen LogP contribution < -0.4 is 0 Å².